The molecule has 2 aromatic carbocycles. The zero-order valence-corrected chi connectivity index (χ0v) is 14.9. The molecule has 1 atom stereocenters. The fourth-order valence-electron chi connectivity index (χ4n) is 3.11. The first kappa shape index (κ1) is 16.6. The Hall–Kier alpha value is -2.83. The van der Waals surface area contributed by atoms with E-state index in [-0.39, 0.29) is 6.04 Å². The molecule has 0 spiro atoms. The van der Waals surface area contributed by atoms with Crippen molar-refractivity contribution in [1.29, 1.82) is 0 Å². The summed E-state index contributed by atoms with van der Waals surface area (Å²) >= 11 is 6.28. The molecule has 0 aliphatic rings. The molecule has 2 heterocycles. The third-order valence-corrected chi connectivity index (χ3v) is 4.63. The van der Waals surface area contributed by atoms with Crippen molar-refractivity contribution in [3.05, 3.63) is 59.2 Å². The topological polar surface area (TPSA) is 93.4 Å². The average molecular weight is 365 g/mol. The van der Waals surface area contributed by atoms with Gasteiger partial charge >= 0.3 is 0 Å². The maximum Gasteiger partial charge on any atom is 0.207 e. The number of pyridine rings is 1. The molecular formula is C19H17ClN6. The van der Waals surface area contributed by atoms with E-state index in [9.17, 15) is 0 Å². The Kier molecular flexibility index (Phi) is 4.36. The van der Waals surface area contributed by atoms with Gasteiger partial charge in [0, 0.05) is 22.0 Å². The van der Waals surface area contributed by atoms with Gasteiger partial charge in [-0.2, -0.15) is 5.21 Å². The van der Waals surface area contributed by atoms with Crippen LogP contribution in [0.5, 0.6) is 0 Å². The molecule has 130 valence electrons. The number of halogens is 1. The first-order chi connectivity index (χ1) is 12.7. The van der Waals surface area contributed by atoms with E-state index < -0.39 is 0 Å². The van der Waals surface area contributed by atoms with E-state index in [1.54, 1.807) is 0 Å². The molecule has 26 heavy (non-hydrogen) atoms. The molecule has 7 heteroatoms. The smallest absolute Gasteiger partial charge is 0.207 e. The second kappa shape index (κ2) is 6.82. The summed E-state index contributed by atoms with van der Waals surface area (Å²) in [5.41, 5.74) is 10.7. The molecule has 2 aromatic heterocycles. The van der Waals surface area contributed by atoms with Crippen LogP contribution in [0.25, 0.3) is 33.4 Å². The van der Waals surface area contributed by atoms with Gasteiger partial charge in [-0.25, -0.2) is 0 Å². The normalized spacial score (nSPS) is 12.4. The SMILES string of the molecule is CCC(N)c1nc2ccc(Cl)cc2c(-c2ccccc2)c1-c1nn[nH]n1. The predicted molar refractivity (Wildman–Crippen MR) is 103 cm³/mol. The predicted octanol–water partition coefficient (Wildman–Crippen LogP) is 4.15. The Labute approximate surface area is 155 Å². The maximum absolute atomic E-state index is 6.39. The lowest BCUT2D eigenvalue weighted by molar-refractivity contribution is 0.680. The molecule has 0 saturated carbocycles. The van der Waals surface area contributed by atoms with Gasteiger partial charge in [-0.15, -0.1) is 10.2 Å². The van der Waals surface area contributed by atoms with E-state index in [0.29, 0.717) is 10.8 Å². The minimum atomic E-state index is -0.244. The number of nitrogens with two attached hydrogens (primary N) is 1. The Morgan fingerprint density at radius 3 is 2.62 bits per heavy atom. The van der Waals surface area contributed by atoms with Gasteiger partial charge in [0.05, 0.1) is 16.8 Å². The molecule has 0 bridgehead atoms. The fourth-order valence-corrected chi connectivity index (χ4v) is 3.29. The molecule has 4 aromatic rings. The summed E-state index contributed by atoms with van der Waals surface area (Å²) in [6, 6.07) is 15.5. The number of hydrogen-bond donors (Lipinski definition) is 2. The maximum atomic E-state index is 6.39. The number of aromatic nitrogens is 5. The number of tetrazole rings is 1. The highest BCUT2D eigenvalue weighted by atomic mass is 35.5. The van der Waals surface area contributed by atoms with Crippen molar-refractivity contribution >= 4 is 22.5 Å². The van der Waals surface area contributed by atoms with Crippen molar-refractivity contribution in [2.24, 2.45) is 5.73 Å². The van der Waals surface area contributed by atoms with E-state index in [1.165, 1.54) is 0 Å². The van der Waals surface area contributed by atoms with Crippen LogP contribution in [0.1, 0.15) is 25.1 Å². The minimum absolute atomic E-state index is 0.244. The second-order valence-corrected chi connectivity index (χ2v) is 6.46. The van der Waals surface area contributed by atoms with Crippen LogP contribution in [-0.2, 0) is 0 Å². The number of nitrogens with one attached hydrogen (secondary N) is 1. The summed E-state index contributed by atoms with van der Waals surface area (Å²) in [6.45, 7) is 2.03. The van der Waals surface area contributed by atoms with Gasteiger partial charge in [-0.1, -0.05) is 48.9 Å². The van der Waals surface area contributed by atoms with E-state index >= 15 is 0 Å². The number of fused-ring (bicyclic) bond motifs is 1. The molecule has 0 aliphatic heterocycles. The van der Waals surface area contributed by atoms with Gasteiger partial charge in [0.15, 0.2) is 0 Å². The summed E-state index contributed by atoms with van der Waals surface area (Å²) in [7, 11) is 0. The molecule has 3 N–H and O–H groups in total. The fraction of sp³-hybridized carbons (Fsp3) is 0.158. The molecule has 0 aliphatic carbocycles. The molecular weight excluding hydrogens is 348 g/mol. The van der Waals surface area contributed by atoms with Crippen LogP contribution in [-0.4, -0.2) is 25.6 Å². The minimum Gasteiger partial charge on any atom is -0.323 e. The molecule has 0 amide bonds. The molecule has 6 nitrogen and oxygen atoms in total. The number of aromatic amines is 1. The van der Waals surface area contributed by atoms with E-state index in [0.717, 1.165) is 39.7 Å². The molecule has 0 saturated heterocycles. The molecule has 4 rings (SSSR count). The number of hydrogen-bond acceptors (Lipinski definition) is 5. The van der Waals surface area contributed by atoms with Crippen LogP contribution in [0.2, 0.25) is 5.02 Å². The third kappa shape index (κ3) is 2.83. The Morgan fingerprint density at radius 1 is 1.12 bits per heavy atom. The molecule has 0 fully saturated rings. The monoisotopic (exact) mass is 364 g/mol. The first-order valence-electron chi connectivity index (χ1n) is 8.37. The number of benzene rings is 2. The third-order valence-electron chi connectivity index (χ3n) is 4.40. The quantitative estimate of drug-likeness (QED) is 0.567. The number of H-pyrrole nitrogens is 1. The van der Waals surface area contributed by atoms with Gasteiger partial charge in [-0.3, -0.25) is 4.98 Å². The molecule has 1 unspecified atom stereocenters. The average Bonchev–Trinajstić information content (AvgIpc) is 3.21. The summed E-state index contributed by atoms with van der Waals surface area (Å²) in [6.07, 6.45) is 0.741. The van der Waals surface area contributed by atoms with Crippen molar-refractivity contribution in [2.75, 3.05) is 0 Å². The van der Waals surface area contributed by atoms with Crippen LogP contribution < -0.4 is 5.73 Å². The van der Waals surface area contributed by atoms with Crippen molar-refractivity contribution in [2.45, 2.75) is 19.4 Å². The Bertz CT molecular complexity index is 1050. The van der Waals surface area contributed by atoms with Gasteiger partial charge in [0.1, 0.15) is 0 Å². The number of rotatable bonds is 4. The van der Waals surface area contributed by atoms with Crippen LogP contribution in [0.4, 0.5) is 0 Å². The molecule has 0 radical (unpaired) electrons. The van der Waals surface area contributed by atoms with Gasteiger partial charge in [0.25, 0.3) is 0 Å². The largest absolute Gasteiger partial charge is 0.323 e. The van der Waals surface area contributed by atoms with Crippen molar-refractivity contribution in [3.63, 3.8) is 0 Å². The zero-order chi connectivity index (χ0) is 18.1. The van der Waals surface area contributed by atoms with E-state index in [4.69, 9.17) is 22.3 Å². The van der Waals surface area contributed by atoms with Gasteiger partial charge < -0.3 is 5.73 Å². The lowest BCUT2D eigenvalue weighted by Crippen LogP contribution is -2.14. The second-order valence-electron chi connectivity index (χ2n) is 6.02. The highest BCUT2D eigenvalue weighted by Crippen LogP contribution is 2.40. The first-order valence-corrected chi connectivity index (χ1v) is 8.74. The Morgan fingerprint density at radius 2 is 1.92 bits per heavy atom. The lowest BCUT2D eigenvalue weighted by atomic mass is 9.91. The summed E-state index contributed by atoms with van der Waals surface area (Å²) in [5.74, 6) is 0.470. The summed E-state index contributed by atoms with van der Waals surface area (Å²) < 4.78 is 0. The van der Waals surface area contributed by atoms with Crippen molar-refractivity contribution in [3.8, 4) is 22.5 Å². The lowest BCUT2D eigenvalue weighted by Gasteiger charge is -2.19. The van der Waals surface area contributed by atoms with Crippen LogP contribution in [0.3, 0.4) is 0 Å². The van der Waals surface area contributed by atoms with Crippen LogP contribution in [0, 0.1) is 0 Å². The summed E-state index contributed by atoms with van der Waals surface area (Å²) in [4.78, 5) is 4.82. The highest BCUT2D eigenvalue weighted by Gasteiger charge is 2.24. The van der Waals surface area contributed by atoms with E-state index in [1.807, 2.05) is 55.5 Å². The van der Waals surface area contributed by atoms with Gasteiger partial charge in [-0.05, 0) is 35.4 Å². The van der Waals surface area contributed by atoms with Crippen LogP contribution in [0.15, 0.2) is 48.5 Å². The van der Waals surface area contributed by atoms with E-state index in [2.05, 4.69) is 20.6 Å². The Balaban J connectivity index is 2.18. The van der Waals surface area contributed by atoms with Crippen molar-refractivity contribution in [1.82, 2.24) is 25.6 Å². The highest BCUT2D eigenvalue weighted by molar-refractivity contribution is 6.31. The van der Waals surface area contributed by atoms with Crippen LogP contribution >= 0.6 is 11.6 Å². The van der Waals surface area contributed by atoms with Gasteiger partial charge in [0.2, 0.25) is 5.82 Å². The summed E-state index contributed by atoms with van der Waals surface area (Å²) in [5, 5.41) is 16.2. The number of nitrogens with zero attached hydrogens (tertiary/aromatic N) is 4. The zero-order valence-electron chi connectivity index (χ0n) is 14.1. The van der Waals surface area contributed by atoms with Crippen molar-refractivity contribution < 1.29 is 0 Å². The standard InChI is InChI=1S/C19H17ClN6/c1-2-14(21)18-17(19-23-25-26-24-19)16(11-6-4-3-5-7-11)13-10-12(20)8-9-15(13)22-18/h3-10,14H,2,21H2,1H3,(H,23,24,25,26).